The number of phenolic OH excluding ortho intramolecular Hbond substituents is 1. The van der Waals surface area contributed by atoms with Crippen molar-refractivity contribution in [2.24, 2.45) is 0 Å². The van der Waals surface area contributed by atoms with E-state index in [2.05, 4.69) is 5.16 Å². The number of nitrogen functional groups attached to an aromatic ring is 1. The smallest absolute Gasteiger partial charge is 0.176 e. The minimum atomic E-state index is 0.200. The first-order chi connectivity index (χ1) is 7.24. The van der Waals surface area contributed by atoms with Crippen molar-refractivity contribution in [3.63, 3.8) is 0 Å². The SMILES string of the molecule is Nc1cc(COc2ccc(O)cc2)on1. The molecule has 3 N–H and O–H groups in total. The highest BCUT2D eigenvalue weighted by Crippen LogP contribution is 2.17. The quantitative estimate of drug-likeness (QED) is 0.796. The molecule has 0 radical (unpaired) electrons. The number of anilines is 1. The second-order valence-electron chi connectivity index (χ2n) is 3.00. The van der Waals surface area contributed by atoms with Crippen molar-refractivity contribution in [1.82, 2.24) is 5.16 Å². The molecule has 0 bridgehead atoms. The Morgan fingerprint density at radius 3 is 2.67 bits per heavy atom. The molecule has 2 aromatic rings. The van der Waals surface area contributed by atoms with Crippen molar-refractivity contribution < 1.29 is 14.4 Å². The molecule has 0 saturated carbocycles. The molecular formula is C10H10N2O3. The third-order valence-electron chi connectivity index (χ3n) is 1.79. The zero-order valence-corrected chi connectivity index (χ0v) is 7.88. The van der Waals surface area contributed by atoms with Crippen LogP contribution in [-0.4, -0.2) is 10.3 Å². The maximum absolute atomic E-state index is 9.04. The van der Waals surface area contributed by atoms with E-state index in [4.69, 9.17) is 20.1 Å². The van der Waals surface area contributed by atoms with Gasteiger partial charge in [0.2, 0.25) is 0 Å². The first-order valence-electron chi connectivity index (χ1n) is 4.37. The van der Waals surface area contributed by atoms with Gasteiger partial charge in [0.25, 0.3) is 0 Å². The Morgan fingerprint density at radius 1 is 1.33 bits per heavy atom. The lowest BCUT2D eigenvalue weighted by molar-refractivity contribution is 0.249. The van der Waals surface area contributed by atoms with E-state index in [1.165, 1.54) is 0 Å². The topological polar surface area (TPSA) is 81.5 Å². The van der Waals surface area contributed by atoms with E-state index >= 15 is 0 Å². The number of nitrogens with zero attached hydrogens (tertiary/aromatic N) is 1. The number of hydrogen-bond acceptors (Lipinski definition) is 5. The summed E-state index contributed by atoms with van der Waals surface area (Å²) in [6.07, 6.45) is 0. The number of hydrogen-bond donors (Lipinski definition) is 2. The van der Waals surface area contributed by atoms with Crippen LogP contribution in [0.15, 0.2) is 34.9 Å². The third kappa shape index (κ3) is 2.40. The fraction of sp³-hybridized carbons (Fsp3) is 0.100. The van der Waals surface area contributed by atoms with Crippen LogP contribution in [0.4, 0.5) is 5.82 Å². The van der Waals surface area contributed by atoms with Gasteiger partial charge in [-0.3, -0.25) is 0 Å². The Morgan fingerprint density at radius 2 is 2.07 bits per heavy atom. The Bertz CT molecular complexity index is 436. The summed E-state index contributed by atoms with van der Waals surface area (Å²) in [7, 11) is 0. The molecule has 5 nitrogen and oxygen atoms in total. The van der Waals surface area contributed by atoms with Crippen molar-refractivity contribution in [2.45, 2.75) is 6.61 Å². The largest absolute Gasteiger partial charge is 0.508 e. The second kappa shape index (κ2) is 3.91. The van der Waals surface area contributed by atoms with Gasteiger partial charge in [0, 0.05) is 6.07 Å². The molecule has 0 amide bonds. The van der Waals surface area contributed by atoms with Crippen molar-refractivity contribution in [3.8, 4) is 11.5 Å². The maximum Gasteiger partial charge on any atom is 0.176 e. The van der Waals surface area contributed by atoms with Gasteiger partial charge in [0.1, 0.15) is 18.1 Å². The standard InChI is InChI=1S/C10H10N2O3/c11-10-5-9(15-12-10)6-14-8-3-1-7(13)2-4-8/h1-5,13H,6H2,(H2,11,12). The Labute approximate surface area is 86.1 Å². The van der Waals surface area contributed by atoms with Crippen LogP contribution in [0.1, 0.15) is 5.76 Å². The van der Waals surface area contributed by atoms with Crippen LogP contribution in [-0.2, 0) is 6.61 Å². The molecular weight excluding hydrogens is 196 g/mol. The summed E-state index contributed by atoms with van der Waals surface area (Å²) in [6, 6.07) is 8.01. The van der Waals surface area contributed by atoms with E-state index < -0.39 is 0 Å². The van der Waals surface area contributed by atoms with Gasteiger partial charge in [-0.05, 0) is 24.3 Å². The molecule has 78 valence electrons. The first kappa shape index (κ1) is 9.39. The second-order valence-corrected chi connectivity index (χ2v) is 3.00. The van der Waals surface area contributed by atoms with Gasteiger partial charge in [0.05, 0.1) is 0 Å². The first-order valence-corrected chi connectivity index (χ1v) is 4.37. The van der Waals surface area contributed by atoms with Crippen LogP contribution in [0.5, 0.6) is 11.5 Å². The van der Waals surface area contributed by atoms with Gasteiger partial charge >= 0.3 is 0 Å². The number of aromatic hydroxyl groups is 1. The summed E-state index contributed by atoms with van der Waals surface area (Å²) in [4.78, 5) is 0. The molecule has 0 unspecified atom stereocenters. The van der Waals surface area contributed by atoms with Crippen molar-refractivity contribution in [2.75, 3.05) is 5.73 Å². The zero-order chi connectivity index (χ0) is 10.7. The van der Waals surface area contributed by atoms with Crippen molar-refractivity contribution in [1.29, 1.82) is 0 Å². The van der Waals surface area contributed by atoms with Crippen LogP contribution in [0.3, 0.4) is 0 Å². The average Bonchev–Trinajstić information content (AvgIpc) is 2.64. The monoisotopic (exact) mass is 206 g/mol. The normalized spacial score (nSPS) is 10.1. The fourth-order valence-electron chi connectivity index (χ4n) is 1.09. The van der Waals surface area contributed by atoms with Gasteiger partial charge in [-0.25, -0.2) is 0 Å². The zero-order valence-electron chi connectivity index (χ0n) is 7.88. The van der Waals surface area contributed by atoms with Gasteiger partial charge < -0.3 is 20.1 Å². The molecule has 1 aromatic heterocycles. The molecule has 0 spiro atoms. The van der Waals surface area contributed by atoms with Crippen LogP contribution >= 0.6 is 0 Å². The molecule has 15 heavy (non-hydrogen) atoms. The lowest BCUT2D eigenvalue weighted by atomic mass is 10.3. The molecule has 0 aliphatic rings. The summed E-state index contributed by atoms with van der Waals surface area (Å²) >= 11 is 0. The molecule has 5 heteroatoms. The van der Waals surface area contributed by atoms with E-state index in [1.807, 2.05) is 0 Å². The van der Waals surface area contributed by atoms with E-state index in [9.17, 15) is 0 Å². The summed E-state index contributed by atoms with van der Waals surface area (Å²) in [5.74, 6) is 1.73. The minimum absolute atomic E-state index is 0.200. The number of benzene rings is 1. The highest BCUT2D eigenvalue weighted by molar-refractivity contribution is 5.30. The predicted octanol–water partition coefficient (Wildman–Crippen LogP) is 1.54. The Hall–Kier alpha value is -2.17. The molecule has 0 aliphatic heterocycles. The van der Waals surface area contributed by atoms with E-state index in [0.29, 0.717) is 17.3 Å². The highest BCUT2D eigenvalue weighted by Gasteiger charge is 2.01. The number of rotatable bonds is 3. The summed E-state index contributed by atoms with van der Waals surface area (Å²) in [5.41, 5.74) is 5.37. The van der Waals surface area contributed by atoms with E-state index in [-0.39, 0.29) is 12.4 Å². The minimum Gasteiger partial charge on any atom is -0.508 e. The summed E-state index contributed by atoms with van der Waals surface area (Å²) < 4.78 is 10.2. The Kier molecular flexibility index (Phi) is 2.45. The predicted molar refractivity (Wildman–Crippen MR) is 53.4 cm³/mol. The van der Waals surface area contributed by atoms with Gasteiger partial charge in [-0.15, -0.1) is 0 Å². The highest BCUT2D eigenvalue weighted by atomic mass is 16.5. The number of nitrogens with two attached hydrogens (primary N) is 1. The number of ether oxygens (including phenoxy) is 1. The molecule has 0 atom stereocenters. The fourth-order valence-corrected chi connectivity index (χ4v) is 1.09. The van der Waals surface area contributed by atoms with Crippen LogP contribution in [0.2, 0.25) is 0 Å². The summed E-state index contributed by atoms with van der Waals surface area (Å²) in [6.45, 7) is 0.259. The van der Waals surface area contributed by atoms with E-state index in [0.717, 1.165) is 0 Å². The lowest BCUT2D eigenvalue weighted by Crippen LogP contribution is -1.93. The molecule has 0 fully saturated rings. The molecule has 0 saturated heterocycles. The molecule has 1 heterocycles. The number of phenols is 1. The molecule has 2 rings (SSSR count). The van der Waals surface area contributed by atoms with Crippen LogP contribution in [0, 0.1) is 0 Å². The average molecular weight is 206 g/mol. The Balaban J connectivity index is 1.96. The third-order valence-corrected chi connectivity index (χ3v) is 1.79. The van der Waals surface area contributed by atoms with Crippen molar-refractivity contribution in [3.05, 3.63) is 36.1 Å². The summed E-state index contributed by atoms with van der Waals surface area (Å²) in [5, 5.41) is 12.6. The van der Waals surface area contributed by atoms with E-state index in [1.54, 1.807) is 30.3 Å². The van der Waals surface area contributed by atoms with Gasteiger partial charge in [-0.2, -0.15) is 0 Å². The lowest BCUT2D eigenvalue weighted by Gasteiger charge is -2.02. The van der Waals surface area contributed by atoms with Crippen molar-refractivity contribution >= 4 is 5.82 Å². The van der Waals surface area contributed by atoms with Crippen LogP contribution in [0.25, 0.3) is 0 Å². The van der Waals surface area contributed by atoms with Gasteiger partial charge in [0.15, 0.2) is 11.6 Å². The van der Waals surface area contributed by atoms with Crippen LogP contribution < -0.4 is 10.5 Å². The van der Waals surface area contributed by atoms with Gasteiger partial charge in [-0.1, -0.05) is 5.16 Å². The molecule has 0 aliphatic carbocycles. The number of aromatic nitrogens is 1. The molecule has 1 aromatic carbocycles. The maximum atomic E-state index is 9.04.